The van der Waals surface area contributed by atoms with E-state index in [0.29, 0.717) is 41.8 Å². The second kappa shape index (κ2) is 11.7. The van der Waals surface area contributed by atoms with Crippen molar-refractivity contribution in [1.82, 2.24) is 14.9 Å². The lowest BCUT2D eigenvalue weighted by molar-refractivity contribution is -0.137. The number of hydrogen-bond donors (Lipinski definition) is 3. The number of carboxylic acid groups (broad SMARTS) is 1. The van der Waals surface area contributed by atoms with E-state index in [0.717, 1.165) is 28.2 Å². The Morgan fingerprint density at radius 3 is 2.55 bits per heavy atom. The van der Waals surface area contributed by atoms with Gasteiger partial charge >= 0.3 is 12.3 Å². The molecule has 4 aromatic rings. The molecule has 44 heavy (non-hydrogen) atoms. The number of aromatic nitrogens is 2. The summed E-state index contributed by atoms with van der Waals surface area (Å²) in [6.07, 6.45) is -2.98. The fourth-order valence-corrected chi connectivity index (χ4v) is 5.31. The van der Waals surface area contributed by atoms with Crippen molar-refractivity contribution >= 4 is 28.7 Å². The molecule has 12 heteroatoms. The van der Waals surface area contributed by atoms with Crippen molar-refractivity contribution < 1.29 is 32.6 Å². The number of ether oxygens (including phenoxy) is 1. The second-order valence-electron chi connectivity index (χ2n) is 11.8. The van der Waals surface area contributed by atoms with Crippen molar-refractivity contribution in [3.63, 3.8) is 0 Å². The SMILES string of the molecule is CC(C)(C)N(Cc1cc(NC(=O)C2CCc3ccc(Oc4ccnc5[nH]c(=O)ccc45)cc3C2)cc(C(F)(F)F)c1)C(=O)O. The number of pyridine rings is 2. The monoisotopic (exact) mass is 608 g/mol. The van der Waals surface area contributed by atoms with E-state index in [1.54, 1.807) is 32.9 Å². The van der Waals surface area contributed by atoms with Gasteiger partial charge in [0.15, 0.2) is 0 Å². The van der Waals surface area contributed by atoms with Gasteiger partial charge in [-0.15, -0.1) is 0 Å². The standard InChI is InChI=1S/C32H31F3N4O5/c1-31(2,3)39(30(42)43)17-18-12-22(32(33,34)35)16-23(13-18)37-29(41)20-5-4-19-6-7-24(15-21(19)14-20)44-26-10-11-36-28-25(26)8-9-27(40)38-28/h6-13,15-16,20H,4-5,14,17H2,1-3H3,(H,37,41)(H,42,43)(H,36,38,40). The minimum atomic E-state index is -4.69. The number of nitrogens with zero attached hydrogens (tertiary/aromatic N) is 2. The molecule has 2 aromatic carbocycles. The average molecular weight is 609 g/mol. The summed E-state index contributed by atoms with van der Waals surface area (Å²) in [6, 6.07) is 13.4. The molecule has 2 heterocycles. The van der Waals surface area contributed by atoms with Crippen LogP contribution in [0.4, 0.5) is 23.7 Å². The van der Waals surface area contributed by atoms with Crippen molar-refractivity contribution in [3.05, 3.63) is 93.4 Å². The Balaban J connectivity index is 1.35. The number of H-pyrrole nitrogens is 1. The van der Waals surface area contributed by atoms with E-state index < -0.39 is 35.2 Å². The summed E-state index contributed by atoms with van der Waals surface area (Å²) in [5.41, 5.74) is 0.249. The molecule has 0 spiro atoms. The average Bonchev–Trinajstić information content (AvgIpc) is 2.94. The van der Waals surface area contributed by atoms with Crippen LogP contribution in [0.1, 0.15) is 49.4 Å². The van der Waals surface area contributed by atoms with Crippen LogP contribution in [0, 0.1) is 5.92 Å². The highest BCUT2D eigenvalue weighted by atomic mass is 19.4. The van der Waals surface area contributed by atoms with E-state index in [9.17, 15) is 32.7 Å². The van der Waals surface area contributed by atoms with Gasteiger partial charge < -0.3 is 20.1 Å². The van der Waals surface area contributed by atoms with Crippen molar-refractivity contribution in [2.24, 2.45) is 5.92 Å². The predicted molar refractivity (Wildman–Crippen MR) is 158 cm³/mol. The topological polar surface area (TPSA) is 125 Å². The Hall–Kier alpha value is -4.87. The zero-order chi connectivity index (χ0) is 31.8. The molecule has 0 aliphatic heterocycles. The van der Waals surface area contributed by atoms with Crippen molar-refractivity contribution in [1.29, 1.82) is 0 Å². The molecule has 2 amide bonds. The number of halogens is 3. The van der Waals surface area contributed by atoms with Crippen LogP contribution in [-0.2, 0) is 30.4 Å². The molecule has 230 valence electrons. The van der Waals surface area contributed by atoms with E-state index in [1.165, 1.54) is 18.3 Å². The molecule has 2 aromatic heterocycles. The largest absolute Gasteiger partial charge is 0.465 e. The number of aromatic amines is 1. The number of anilines is 1. The first-order chi connectivity index (χ1) is 20.7. The van der Waals surface area contributed by atoms with E-state index in [4.69, 9.17) is 4.74 Å². The van der Waals surface area contributed by atoms with Gasteiger partial charge in [0, 0.05) is 36.0 Å². The summed E-state index contributed by atoms with van der Waals surface area (Å²) >= 11 is 0. The number of rotatable bonds is 6. The van der Waals surface area contributed by atoms with Crippen LogP contribution in [0.5, 0.6) is 11.5 Å². The maximum atomic E-state index is 13.8. The Morgan fingerprint density at radius 2 is 1.84 bits per heavy atom. The smallest absolute Gasteiger partial charge is 0.416 e. The molecule has 1 aliphatic rings. The number of amides is 2. The first-order valence-corrected chi connectivity index (χ1v) is 14.0. The molecular weight excluding hydrogens is 577 g/mol. The maximum Gasteiger partial charge on any atom is 0.416 e. The summed E-state index contributed by atoms with van der Waals surface area (Å²) in [5.74, 6) is 0.0762. The fourth-order valence-electron chi connectivity index (χ4n) is 5.31. The maximum absolute atomic E-state index is 13.8. The Bertz CT molecular complexity index is 1800. The number of carbonyl (C=O) groups is 2. The van der Waals surface area contributed by atoms with E-state index in [2.05, 4.69) is 15.3 Å². The molecule has 0 saturated heterocycles. The predicted octanol–water partition coefficient (Wildman–Crippen LogP) is 6.76. The summed E-state index contributed by atoms with van der Waals surface area (Å²) < 4.78 is 47.4. The second-order valence-corrected chi connectivity index (χ2v) is 11.8. The molecule has 0 saturated carbocycles. The molecule has 1 atom stereocenters. The third kappa shape index (κ3) is 6.85. The van der Waals surface area contributed by atoms with Crippen LogP contribution >= 0.6 is 0 Å². The quantitative estimate of drug-likeness (QED) is 0.222. The third-order valence-electron chi connectivity index (χ3n) is 7.57. The molecule has 9 nitrogen and oxygen atoms in total. The third-order valence-corrected chi connectivity index (χ3v) is 7.57. The first-order valence-electron chi connectivity index (χ1n) is 14.0. The molecule has 5 rings (SSSR count). The molecule has 1 aliphatic carbocycles. The van der Waals surface area contributed by atoms with Gasteiger partial charge in [0.25, 0.3) is 0 Å². The van der Waals surface area contributed by atoms with Crippen LogP contribution in [-0.4, -0.2) is 37.5 Å². The summed E-state index contributed by atoms with van der Waals surface area (Å²) in [4.78, 5) is 44.6. The molecule has 3 N–H and O–H groups in total. The number of benzene rings is 2. The van der Waals surface area contributed by atoms with Crippen LogP contribution in [0.15, 0.2) is 65.6 Å². The van der Waals surface area contributed by atoms with Crippen molar-refractivity contribution in [2.45, 2.75) is 58.3 Å². The van der Waals surface area contributed by atoms with Gasteiger partial charge in [-0.25, -0.2) is 9.78 Å². The zero-order valence-electron chi connectivity index (χ0n) is 24.3. The van der Waals surface area contributed by atoms with Crippen LogP contribution in [0.2, 0.25) is 0 Å². The summed E-state index contributed by atoms with van der Waals surface area (Å²) in [7, 11) is 0. The highest BCUT2D eigenvalue weighted by molar-refractivity contribution is 5.93. The molecule has 0 bridgehead atoms. The molecule has 0 fully saturated rings. The van der Waals surface area contributed by atoms with E-state index >= 15 is 0 Å². The highest BCUT2D eigenvalue weighted by Crippen LogP contribution is 2.35. The number of nitrogens with one attached hydrogen (secondary N) is 2. The van der Waals surface area contributed by atoms with Crippen LogP contribution in [0.3, 0.4) is 0 Å². The Morgan fingerprint density at radius 1 is 1.07 bits per heavy atom. The first kappa shape index (κ1) is 30.6. The lowest BCUT2D eigenvalue weighted by Gasteiger charge is -2.33. The van der Waals surface area contributed by atoms with Crippen LogP contribution < -0.4 is 15.6 Å². The van der Waals surface area contributed by atoms with Gasteiger partial charge in [-0.05, 0) is 99.2 Å². The normalized spacial score (nSPS) is 15.0. The molecule has 1 unspecified atom stereocenters. The zero-order valence-corrected chi connectivity index (χ0v) is 24.3. The summed E-state index contributed by atoms with van der Waals surface area (Å²) in [5, 5.41) is 12.9. The van der Waals surface area contributed by atoms with Crippen molar-refractivity contribution in [3.8, 4) is 11.5 Å². The Labute approximate surface area is 250 Å². The summed E-state index contributed by atoms with van der Waals surface area (Å²) in [6.45, 7) is 4.66. The number of alkyl halides is 3. The number of hydrogen-bond acceptors (Lipinski definition) is 5. The van der Waals surface area contributed by atoms with Crippen LogP contribution in [0.25, 0.3) is 11.0 Å². The number of aryl methyl sites for hydroxylation is 1. The minimum Gasteiger partial charge on any atom is -0.465 e. The van der Waals surface area contributed by atoms with Gasteiger partial charge in [-0.1, -0.05) is 6.07 Å². The highest BCUT2D eigenvalue weighted by Gasteiger charge is 2.33. The fraction of sp³-hybridized carbons (Fsp3) is 0.312. The van der Waals surface area contributed by atoms with Gasteiger partial charge in [-0.2, -0.15) is 13.2 Å². The number of fused-ring (bicyclic) bond motifs is 2. The van der Waals surface area contributed by atoms with Gasteiger partial charge in [0.05, 0.1) is 10.9 Å². The number of carbonyl (C=O) groups excluding carboxylic acids is 1. The minimum absolute atomic E-state index is 0.0513. The lowest BCUT2D eigenvalue weighted by atomic mass is 9.83. The van der Waals surface area contributed by atoms with Gasteiger partial charge in [-0.3, -0.25) is 14.5 Å². The lowest BCUT2D eigenvalue weighted by Crippen LogP contribution is -2.44. The van der Waals surface area contributed by atoms with E-state index in [-0.39, 0.29) is 23.4 Å². The molecular formula is C32H31F3N4O5. The van der Waals surface area contributed by atoms with Crippen molar-refractivity contribution in [2.75, 3.05) is 5.32 Å². The molecule has 0 radical (unpaired) electrons. The van der Waals surface area contributed by atoms with Gasteiger partial charge in [0.1, 0.15) is 17.1 Å². The van der Waals surface area contributed by atoms with Gasteiger partial charge in [0.2, 0.25) is 11.5 Å². The van der Waals surface area contributed by atoms with E-state index in [1.807, 2.05) is 18.2 Å². The Kier molecular flexibility index (Phi) is 8.11.